The van der Waals surface area contributed by atoms with Gasteiger partial charge in [0, 0.05) is 10.6 Å². The summed E-state index contributed by atoms with van der Waals surface area (Å²) >= 11 is 10.9. The van der Waals surface area contributed by atoms with Gasteiger partial charge in [-0.15, -0.1) is 0 Å². The summed E-state index contributed by atoms with van der Waals surface area (Å²) in [5, 5.41) is 0.640. The highest BCUT2D eigenvalue weighted by atomic mass is 35.5. The largest absolute Gasteiger partial charge is 0.389 e. The molecule has 2 nitrogen and oxygen atoms in total. The van der Waals surface area contributed by atoms with Crippen LogP contribution in [0.1, 0.15) is 25.0 Å². The van der Waals surface area contributed by atoms with Crippen molar-refractivity contribution >= 4 is 28.8 Å². The van der Waals surface area contributed by atoms with Crippen LogP contribution in [0.4, 0.5) is 0 Å². The molecule has 0 aliphatic rings. The molecule has 0 amide bonds. The van der Waals surface area contributed by atoms with Crippen LogP contribution in [-0.4, -0.2) is 11.1 Å². The Hall–Kier alpha value is -0.640. The van der Waals surface area contributed by atoms with E-state index in [1.165, 1.54) is 0 Å². The van der Waals surface area contributed by atoms with Crippen molar-refractivity contribution in [2.45, 2.75) is 26.6 Å². The molecular formula is C11H14ClNOS. The summed E-state index contributed by atoms with van der Waals surface area (Å²) in [6.45, 7) is 4.47. The van der Waals surface area contributed by atoms with Crippen LogP contribution in [0.2, 0.25) is 5.02 Å². The van der Waals surface area contributed by atoms with Crippen molar-refractivity contribution in [2.75, 3.05) is 0 Å². The summed E-state index contributed by atoms with van der Waals surface area (Å²) < 4.78 is 5.46. The number of rotatable bonds is 4. The number of nitrogens with two attached hydrogens (primary N) is 1. The summed E-state index contributed by atoms with van der Waals surface area (Å²) in [6.07, 6.45) is 0.191. The third-order valence-electron chi connectivity index (χ3n) is 1.91. The third-order valence-corrected chi connectivity index (χ3v) is 2.50. The van der Waals surface area contributed by atoms with Gasteiger partial charge in [0.25, 0.3) is 0 Å². The second-order valence-corrected chi connectivity index (χ2v) is 4.38. The normalized spacial score (nSPS) is 10.7. The van der Waals surface area contributed by atoms with E-state index in [1.807, 2.05) is 26.0 Å². The first-order valence-electron chi connectivity index (χ1n) is 4.70. The SMILES string of the molecule is CC(C)OCc1ccc(C(N)=S)cc1Cl. The van der Waals surface area contributed by atoms with Gasteiger partial charge in [-0.05, 0) is 25.5 Å². The van der Waals surface area contributed by atoms with Crippen molar-refractivity contribution in [2.24, 2.45) is 5.73 Å². The lowest BCUT2D eigenvalue weighted by Gasteiger charge is -2.09. The quantitative estimate of drug-likeness (QED) is 0.826. The Bertz CT molecular complexity index is 366. The lowest BCUT2D eigenvalue weighted by molar-refractivity contribution is 0.0657. The second-order valence-electron chi connectivity index (χ2n) is 3.53. The summed E-state index contributed by atoms with van der Waals surface area (Å²) in [6, 6.07) is 5.51. The van der Waals surface area contributed by atoms with Gasteiger partial charge in [0.2, 0.25) is 0 Å². The summed E-state index contributed by atoms with van der Waals surface area (Å²) in [5.74, 6) is 0. The van der Waals surface area contributed by atoms with Gasteiger partial charge in [-0.3, -0.25) is 0 Å². The molecule has 0 bridgehead atoms. The second kappa shape index (κ2) is 5.45. The molecule has 82 valence electrons. The molecule has 1 aromatic carbocycles. The molecule has 0 unspecified atom stereocenters. The molecule has 15 heavy (non-hydrogen) atoms. The molecule has 0 saturated heterocycles. The maximum absolute atomic E-state index is 6.06. The van der Waals surface area contributed by atoms with Crippen LogP contribution in [0.5, 0.6) is 0 Å². The zero-order valence-electron chi connectivity index (χ0n) is 8.79. The van der Waals surface area contributed by atoms with Crippen molar-refractivity contribution < 1.29 is 4.74 Å². The Morgan fingerprint density at radius 3 is 2.67 bits per heavy atom. The molecule has 0 aliphatic heterocycles. The predicted molar refractivity (Wildman–Crippen MR) is 67.3 cm³/mol. The van der Waals surface area contributed by atoms with Gasteiger partial charge in [0.1, 0.15) is 4.99 Å². The van der Waals surface area contributed by atoms with E-state index in [-0.39, 0.29) is 6.10 Å². The van der Waals surface area contributed by atoms with Gasteiger partial charge in [0.05, 0.1) is 12.7 Å². The number of ether oxygens (including phenoxy) is 1. The van der Waals surface area contributed by atoms with Gasteiger partial charge in [0.15, 0.2) is 0 Å². The molecule has 0 saturated carbocycles. The topological polar surface area (TPSA) is 35.2 Å². The van der Waals surface area contributed by atoms with E-state index in [4.69, 9.17) is 34.3 Å². The average Bonchev–Trinajstić information content (AvgIpc) is 2.15. The zero-order valence-corrected chi connectivity index (χ0v) is 10.4. The van der Waals surface area contributed by atoms with Gasteiger partial charge in [-0.1, -0.05) is 36.0 Å². The first-order chi connectivity index (χ1) is 7.00. The number of benzene rings is 1. The van der Waals surface area contributed by atoms with Gasteiger partial charge >= 0.3 is 0 Å². The summed E-state index contributed by atoms with van der Waals surface area (Å²) in [7, 11) is 0. The minimum Gasteiger partial charge on any atom is -0.389 e. The van der Waals surface area contributed by atoms with E-state index in [0.29, 0.717) is 16.6 Å². The molecule has 0 radical (unpaired) electrons. The monoisotopic (exact) mass is 243 g/mol. The van der Waals surface area contributed by atoms with E-state index in [1.54, 1.807) is 6.07 Å². The van der Waals surface area contributed by atoms with Gasteiger partial charge in [-0.2, -0.15) is 0 Å². The number of hydrogen-bond acceptors (Lipinski definition) is 2. The molecule has 4 heteroatoms. The van der Waals surface area contributed by atoms with Crippen LogP contribution in [0.25, 0.3) is 0 Å². The average molecular weight is 244 g/mol. The van der Waals surface area contributed by atoms with Crippen LogP contribution in [-0.2, 0) is 11.3 Å². The Morgan fingerprint density at radius 1 is 1.53 bits per heavy atom. The molecule has 0 aromatic heterocycles. The fourth-order valence-electron chi connectivity index (χ4n) is 1.07. The van der Waals surface area contributed by atoms with E-state index < -0.39 is 0 Å². The van der Waals surface area contributed by atoms with Crippen LogP contribution >= 0.6 is 23.8 Å². The highest BCUT2D eigenvalue weighted by Gasteiger charge is 2.04. The molecular weight excluding hydrogens is 230 g/mol. The van der Waals surface area contributed by atoms with Crippen LogP contribution in [0.15, 0.2) is 18.2 Å². The summed E-state index contributed by atoms with van der Waals surface area (Å²) in [5.41, 5.74) is 7.23. The maximum Gasteiger partial charge on any atom is 0.104 e. The van der Waals surface area contributed by atoms with Crippen molar-refractivity contribution in [3.05, 3.63) is 34.3 Å². The molecule has 0 fully saturated rings. The van der Waals surface area contributed by atoms with Gasteiger partial charge < -0.3 is 10.5 Å². The maximum atomic E-state index is 6.06. The highest BCUT2D eigenvalue weighted by Crippen LogP contribution is 2.19. The Kier molecular flexibility index (Phi) is 4.51. The molecule has 0 atom stereocenters. The molecule has 1 rings (SSSR count). The molecule has 2 N–H and O–H groups in total. The van der Waals surface area contributed by atoms with E-state index in [9.17, 15) is 0 Å². The molecule has 0 aliphatic carbocycles. The van der Waals surface area contributed by atoms with Gasteiger partial charge in [-0.25, -0.2) is 0 Å². The van der Waals surface area contributed by atoms with Crippen molar-refractivity contribution in [3.8, 4) is 0 Å². The highest BCUT2D eigenvalue weighted by molar-refractivity contribution is 7.80. The van der Waals surface area contributed by atoms with E-state index in [2.05, 4.69) is 0 Å². The van der Waals surface area contributed by atoms with E-state index in [0.717, 1.165) is 11.1 Å². The Balaban J connectivity index is 2.79. The first kappa shape index (κ1) is 12.4. The molecule has 0 spiro atoms. The Morgan fingerprint density at radius 2 is 2.20 bits per heavy atom. The van der Waals surface area contributed by atoms with E-state index >= 15 is 0 Å². The van der Waals surface area contributed by atoms with Crippen molar-refractivity contribution in [1.82, 2.24) is 0 Å². The predicted octanol–water partition coefficient (Wildman–Crippen LogP) is 2.90. The van der Waals surface area contributed by atoms with Crippen LogP contribution in [0.3, 0.4) is 0 Å². The standard InChI is InChI=1S/C11H14ClNOS/c1-7(2)14-6-9-4-3-8(11(13)15)5-10(9)12/h3-5,7H,6H2,1-2H3,(H2,13,15). The smallest absolute Gasteiger partial charge is 0.104 e. The number of thiocarbonyl (C=S) groups is 1. The van der Waals surface area contributed by atoms with Crippen molar-refractivity contribution in [1.29, 1.82) is 0 Å². The minimum atomic E-state index is 0.191. The molecule has 1 aromatic rings. The van der Waals surface area contributed by atoms with Crippen LogP contribution in [0, 0.1) is 0 Å². The number of hydrogen-bond donors (Lipinski definition) is 1. The minimum absolute atomic E-state index is 0.191. The third kappa shape index (κ3) is 3.78. The fourth-order valence-corrected chi connectivity index (χ4v) is 1.44. The number of halogens is 1. The lowest BCUT2D eigenvalue weighted by atomic mass is 10.1. The van der Waals surface area contributed by atoms with Crippen LogP contribution < -0.4 is 5.73 Å². The molecule has 0 heterocycles. The zero-order chi connectivity index (χ0) is 11.4. The van der Waals surface area contributed by atoms with Crippen molar-refractivity contribution in [3.63, 3.8) is 0 Å². The first-order valence-corrected chi connectivity index (χ1v) is 5.49. The summed E-state index contributed by atoms with van der Waals surface area (Å²) in [4.78, 5) is 0.355. The fraction of sp³-hybridized carbons (Fsp3) is 0.364. The Labute approximate surface area is 100 Å². The lowest BCUT2D eigenvalue weighted by Crippen LogP contribution is -2.09.